The molecule has 1 aliphatic carbocycles. The molecular formula is C15H18FNO2. The van der Waals surface area contributed by atoms with E-state index in [1.54, 1.807) is 29.5 Å². The summed E-state index contributed by atoms with van der Waals surface area (Å²) in [4.78, 5) is 5.67. The Bertz CT molecular complexity index is 468. The minimum absolute atomic E-state index is 0.321. The maximum absolute atomic E-state index is 12.9. The van der Waals surface area contributed by atoms with Crippen LogP contribution in [0.4, 0.5) is 4.39 Å². The fourth-order valence-electron chi connectivity index (χ4n) is 2.77. The highest BCUT2D eigenvalue weighted by atomic mass is 19.1. The van der Waals surface area contributed by atoms with Gasteiger partial charge in [-0.1, -0.05) is 31.4 Å². The number of hydroxylamine groups is 2. The van der Waals surface area contributed by atoms with Gasteiger partial charge >= 0.3 is 0 Å². The van der Waals surface area contributed by atoms with E-state index in [4.69, 9.17) is 4.84 Å². The van der Waals surface area contributed by atoms with Crippen LogP contribution in [0.15, 0.2) is 36.5 Å². The second kappa shape index (κ2) is 4.94. The average Bonchev–Trinajstić information content (AvgIpc) is 2.84. The van der Waals surface area contributed by atoms with Crippen LogP contribution in [0.25, 0.3) is 0 Å². The predicted molar refractivity (Wildman–Crippen MR) is 69.2 cm³/mol. The molecule has 1 N–H and O–H groups in total. The Hall–Kier alpha value is -1.39. The maximum atomic E-state index is 12.9. The molecule has 2 aliphatic rings. The molecule has 1 fully saturated rings. The first-order chi connectivity index (χ1) is 9.17. The molecule has 0 saturated heterocycles. The molecule has 1 heterocycles. The highest BCUT2D eigenvalue weighted by molar-refractivity contribution is 5.26. The summed E-state index contributed by atoms with van der Waals surface area (Å²) in [5.74, 6) is -1.79. The van der Waals surface area contributed by atoms with Gasteiger partial charge in [0.25, 0.3) is 0 Å². The van der Waals surface area contributed by atoms with E-state index < -0.39 is 5.79 Å². The third-order valence-corrected chi connectivity index (χ3v) is 3.88. The van der Waals surface area contributed by atoms with Crippen molar-refractivity contribution in [3.05, 3.63) is 47.9 Å². The third-order valence-electron chi connectivity index (χ3n) is 3.88. The standard InChI is InChI=1S/C15H18FNO2/c16-13-8-6-12(7-9-13)15(18)10-11-17(19-15)14-4-2-1-3-5-14/h6-11,14,18H,1-5H2. The van der Waals surface area contributed by atoms with Crippen LogP contribution in [0, 0.1) is 5.82 Å². The van der Waals surface area contributed by atoms with Gasteiger partial charge in [0.15, 0.2) is 0 Å². The normalized spacial score (nSPS) is 28.0. The van der Waals surface area contributed by atoms with Crippen molar-refractivity contribution in [3.8, 4) is 0 Å². The van der Waals surface area contributed by atoms with Crippen molar-refractivity contribution in [2.24, 2.45) is 0 Å². The van der Waals surface area contributed by atoms with Crippen molar-refractivity contribution in [3.63, 3.8) is 0 Å². The topological polar surface area (TPSA) is 32.7 Å². The van der Waals surface area contributed by atoms with Crippen molar-refractivity contribution >= 4 is 0 Å². The average molecular weight is 263 g/mol. The Morgan fingerprint density at radius 2 is 1.84 bits per heavy atom. The quantitative estimate of drug-likeness (QED) is 0.890. The van der Waals surface area contributed by atoms with Crippen molar-refractivity contribution in [1.82, 2.24) is 5.06 Å². The second-order valence-corrected chi connectivity index (χ2v) is 5.26. The predicted octanol–water partition coefficient (Wildman–Crippen LogP) is 3.06. The maximum Gasteiger partial charge on any atom is 0.238 e. The summed E-state index contributed by atoms with van der Waals surface area (Å²) >= 11 is 0. The molecule has 1 saturated carbocycles. The van der Waals surface area contributed by atoms with Gasteiger partial charge < -0.3 is 5.11 Å². The molecule has 3 rings (SSSR count). The van der Waals surface area contributed by atoms with Gasteiger partial charge in [-0.3, -0.25) is 5.06 Å². The van der Waals surface area contributed by atoms with E-state index in [1.807, 2.05) is 0 Å². The first-order valence-electron chi connectivity index (χ1n) is 6.83. The van der Waals surface area contributed by atoms with Crippen LogP contribution in [0.3, 0.4) is 0 Å². The number of nitrogens with zero attached hydrogens (tertiary/aromatic N) is 1. The van der Waals surface area contributed by atoms with Gasteiger partial charge in [0.1, 0.15) is 5.82 Å². The minimum Gasteiger partial charge on any atom is -0.357 e. The largest absolute Gasteiger partial charge is 0.357 e. The molecule has 0 bridgehead atoms. The van der Waals surface area contributed by atoms with E-state index >= 15 is 0 Å². The lowest BCUT2D eigenvalue weighted by Gasteiger charge is -2.32. The highest BCUT2D eigenvalue weighted by Crippen LogP contribution is 2.34. The lowest BCUT2D eigenvalue weighted by Crippen LogP contribution is -2.36. The van der Waals surface area contributed by atoms with Gasteiger partial charge in [-0.15, -0.1) is 0 Å². The fraction of sp³-hybridized carbons (Fsp3) is 0.467. The molecule has 3 nitrogen and oxygen atoms in total. The molecular weight excluding hydrogens is 245 g/mol. The summed E-state index contributed by atoms with van der Waals surface area (Å²) in [6.45, 7) is 0. The van der Waals surface area contributed by atoms with Gasteiger partial charge in [0.05, 0.1) is 6.04 Å². The number of hydrogen-bond donors (Lipinski definition) is 1. The molecule has 0 amide bonds. The van der Waals surface area contributed by atoms with E-state index in [-0.39, 0.29) is 5.82 Å². The van der Waals surface area contributed by atoms with Crippen LogP contribution in [-0.2, 0) is 10.6 Å². The van der Waals surface area contributed by atoms with E-state index in [9.17, 15) is 9.50 Å². The Labute approximate surface area is 112 Å². The number of benzene rings is 1. The Balaban J connectivity index is 1.73. The number of halogens is 1. The van der Waals surface area contributed by atoms with Gasteiger partial charge in [-0.05, 0) is 31.1 Å². The summed E-state index contributed by atoms with van der Waals surface area (Å²) in [7, 11) is 0. The lowest BCUT2D eigenvalue weighted by molar-refractivity contribution is -0.291. The van der Waals surface area contributed by atoms with E-state index in [0.717, 1.165) is 12.8 Å². The molecule has 0 aromatic heterocycles. The monoisotopic (exact) mass is 263 g/mol. The van der Waals surface area contributed by atoms with Crippen LogP contribution >= 0.6 is 0 Å². The summed E-state index contributed by atoms with van der Waals surface area (Å²) in [6.07, 6.45) is 9.26. The second-order valence-electron chi connectivity index (χ2n) is 5.26. The van der Waals surface area contributed by atoms with Crippen LogP contribution in [-0.4, -0.2) is 16.2 Å². The fourth-order valence-corrected chi connectivity index (χ4v) is 2.77. The van der Waals surface area contributed by atoms with Gasteiger partial charge in [-0.25, -0.2) is 9.23 Å². The zero-order valence-electron chi connectivity index (χ0n) is 10.8. The molecule has 102 valence electrons. The summed E-state index contributed by atoms with van der Waals surface area (Å²) in [6, 6.07) is 6.08. The molecule has 1 atom stereocenters. The van der Waals surface area contributed by atoms with E-state index in [0.29, 0.717) is 11.6 Å². The minimum atomic E-state index is -1.47. The van der Waals surface area contributed by atoms with Crippen LogP contribution in [0.1, 0.15) is 37.7 Å². The number of hydrogen-bond acceptors (Lipinski definition) is 3. The van der Waals surface area contributed by atoms with Gasteiger partial charge in [0, 0.05) is 11.8 Å². The van der Waals surface area contributed by atoms with Crippen molar-refractivity contribution < 1.29 is 14.3 Å². The summed E-state index contributed by atoms with van der Waals surface area (Å²) in [5, 5.41) is 12.2. The summed E-state index contributed by atoms with van der Waals surface area (Å²) < 4.78 is 12.9. The van der Waals surface area contributed by atoms with E-state index in [2.05, 4.69) is 0 Å². The smallest absolute Gasteiger partial charge is 0.238 e. The van der Waals surface area contributed by atoms with Gasteiger partial charge in [-0.2, -0.15) is 0 Å². The SMILES string of the molecule is OC1(c2ccc(F)cc2)C=CN(C2CCCCC2)O1. The molecule has 1 unspecified atom stereocenters. The number of rotatable bonds is 2. The molecule has 1 aromatic rings. The Morgan fingerprint density at radius 1 is 1.16 bits per heavy atom. The molecule has 1 aromatic carbocycles. The van der Waals surface area contributed by atoms with Crippen molar-refractivity contribution in [1.29, 1.82) is 0 Å². The molecule has 1 aliphatic heterocycles. The van der Waals surface area contributed by atoms with Crippen LogP contribution < -0.4 is 0 Å². The first-order valence-corrected chi connectivity index (χ1v) is 6.83. The van der Waals surface area contributed by atoms with Gasteiger partial charge in [0.2, 0.25) is 5.79 Å². The molecule has 0 radical (unpaired) electrons. The van der Waals surface area contributed by atoms with Crippen LogP contribution in [0.5, 0.6) is 0 Å². The molecule has 4 heteroatoms. The molecule has 0 spiro atoms. The zero-order chi connectivity index (χ0) is 13.3. The molecule has 19 heavy (non-hydrogen) atoms. The zero-order valence-corrected chi connectivity index (χ0v) is 10.8. The Kier molecular flexibility index (Phi) is 3.29. The lowest BCUT2D eigenvalue weighted by atomic mass is 9.95. The van der Waals surface area contributed by atoms with E-state index in [1.165, 1.54) is 31.4 Å². The first kappa shape index (κ1) is 12.6. The van der Waals surface area contributed by atoms with Crippen molar-refractivity contribution in [2.45, 2.75) is 43.9 Å². The number of aliphatic hydroxyl groups is 1. The summed E-state index contributed by atoms with van der Waals surface area (Å²) in [5.41, 5.74) is 0.545. The van der Waals surface area contributed by atoms with Crippen molar-refractivity contribution in [2.75, 3.05) is 0 Å². The highest BCUT2D eigenvalue weighted by Gasteiger charge is 2.37. The third kappa shape index (κ3) is 2.51. The van der Waals surface area contributed by atoms with Crippen LogP contribution in [0.2, 0.25) is 0 Å². The Morgan fingerprint density at radius 3 is 2.53 bits per heavy atom.